The van der Waals surface area contributed by atoms with Gasteiger partial charge in [0.15, 0.2) is 0 Å². The van der Waals surface area contributed by atoms with Crippen LogP contribution in [0.1, 0.15) is 31.9 Å². The van der Waals surface area contributed by atoms with Crippen LogP contribution in [0.25, 0.3) is 0 Å². The molecule has 3 N–H and O–H groups in total. The van der Waals surface area contributed by atoms with E-state index in [9.17, 15) is 9.59 Å². The minimum absolute atomic E-state index is 0.256. The maximum absolute atomic E-state index is 12.8. The summed E-state index contributed by atoms with van der Waals surface area (Å²) in [5.41, 5.74) is 7.88. The molecular weight excluding hydrogens is 352 g/mol. The fourth-order valence-corrected chi connectivity index (χ4v) is 3.13. The summed E-state index contributed by atoms with van der Waals surface area (Å²) in [7, 11) is 0. The van der Waals surface area contributed by atoms with E-state index in [2.05, 4.69) is 5.32 Å². The Bertz CT molecular complexity index is 760. The van der Waals surface area contributed by atoms with E-state index in [0.717, 1.165) is 11.1 Å². The third-order valence-electron chi connectivity index (χ3n) is 4.80. The predicted octanol–water partition coefficient (Wildman–Crippen LogP) is 2.87. The van der Waals surface area contributed by atoms with Crippen LogP contribution >= 0.6 is 0 Å². The Labute approximate surface area is 167 Å². The Morgan fingerprint density at radius 3 is 2.07 bits per heavy atom. The number of nitrogens with two attached hydrogens (primary N) is 1. The smallest absolute Gasteiger partial charge is 0.328 e. The molecule has 0 spiro atoms. The zero-order chi connectivity index (χ0) is 20.6. The average Bonchev–Trinajstić information content (AvgIpc) is 2.68. The first kappa shape index (κ1) is 21.6. The first-order valence-corrected chi connectivity index (χ1v) is 9.64. The molecule has 0 bridgehead atoms. The summed E-state index contributed by atoms with van der Waals surface area (Å²) in [4.78, 5) is 25.2. The monoisotopic (exact) mass is 382 g/mol. The summed E-state index contributed by atoms with van der Waals surface area (Å²) in [5, 5.41) is 2.80. The number of nitrogens with one attached hydrogen (secondary N) is 1. The molecule has 0 saturated heterocycles. The van der Waals surface area contributed by atoms with Gasteiger partial charge in [0.05, 0.1) is 12.6 Å². The Kier molecular flexibility index (Phi) is 7.76. The van der Waals surface area contributed by atoms with Gasteiger partial charge in [0.2, 0.25) is 5.91 Å². The number of carbonyl (C=O) groups excluding carboxylic acids is 2. The Hall–Kier alpha value is -2.66. The maximum Gasteiger partial charge on any atom is 0.328 e. The number of ether oxygens (including phenoxy) is 1. The molecule has 2 rings (SSSR count). The fourth-order valence-electron chi connectivity index (χ4n) is 3.13. The molecule has 0 aromatic heterocycles. The molecule has 1 amide bonds. The highest BCUT2D eigenvalue weighted by Gasteiger charge is 2.34. The van der Waals surface area contributed by atoms with Crippen LogP contribution in [0.15, 0.2) is 60.7 Å². The molecule has 5 nitrogen and oxygen atoms in total. The molecule has 2 atom stereocenters. The lowest BCUT2D eigenvalue weighted by atomic mass is 9.78. The number of amides is 1. The van der Waals surface area contributed by atoms with Gasteiger partial charge in [-0.15, -0.1) is 0 Å². The summed E-state index contributed by atoms with van der Waals surface area (Å²) < 4.78 is 5.14. The fraction of sp³-hybridized carbons (Fsp3) is 0.391. The van der Waals surface area contributed by atoms with Crippen molar-refractivity contribution in [3.8, 4) is 0 Å². The second-order valence-corrected chi connectivity index (χ2v) is 7.63. The Balaban J connectivity index is 2.08. The molecule has 150 valence electrons. The van der Waals surface area contributed by atoms with Crippen molar-refractivity contribution in [3.05, 3.63) is 71.8 Å². The van der Waals surface area contributed by atoms with Crippen LogP contribution in [-0.2, 0) is 27.2 Å². The second kappa shape index (κ2) is 10.0. The molecule has 0 aliphatic carbocycles. The highest BCUT2D eigenvalue weighted by atomic mass is 16.5. The molecule has 2 aromatic carbocycles. The largest absolute Gasteiger partial charge is 0.464 e. The number of rotatable bonds is 9. The van der Waals surface area contributed by atoms with E-state index < -0.39 is 23.5 Å². The zero-order valence-electron chi connectivity index (χ0n) is 16.9. The summed E-state index contributed by atoms with van der Waals surface area (Å²) in [6.07, 6.45) is 1.02. The Morgan fingerprint density at radius 1 is 1.00 bits per heavy atom. The third kappa shape index (κ3) is 6.20. The number of esters is 1. The lowest BCUT2D eigenvalue weighted by Crippen LogP contribution is -2.55. The molecule has 0 aliphatic rings. The van der Waals surface area contributed by atoms with Gasteiger partial charge in [-0.3, -0.25) is 4.79 Å². The molecule has 0 heterocycles. The van der Waals surface area contributed by atoms with Crippen LogP contribution in [0.4, 0.5) is 0 Å². The minimum Gasteiger partial charge on any atom is -0.464 e. The van der Waals surface area contributed by atoms with E-state index in [1.54, 1.807) is 6.92 Å². The van der Waals surface area contributed by atoms with Gasteiger partial charge in [-0.2, -0.15) is 0 Å². The molecule has 28 heavy (non-hydrogen) atoms. The zero-order valence-corrected chi connectivity index (χ0v) is 16.9. The quantitative estimate of drug-likeness (QED) is 0.654. The minimum atomic E-state index is -0.770. The second-order valence-electron chi connectivity index (χ2n) is 7.63. The molecule has 0 unspecified atom stereocenters. The first-order chi connectivity index (χ1) is 13.3. The van der Waals surface area contributed by atoms with E-state index >= 15 is 0 Å². The maximum atomic E-state index is 12.8. The highest BCUT2D eigenvalue weighted by molar-refractivity contribution is 5.88. The van der Waals surface area contributed by atoms with Crippen LogP contribution in [-0.4, -0.2) is 30.6 Å². The number of hydrogen-bond acceptors (Lipinski definition) is 4. The van der Waals surface area contributed by atoms with Crippen molar-refractivity contribution in [2.75, 3.05) is 6.61 Å². The standard InChI is InChI=1S/C23H30N2O3/c1-4-28-22(27)19(15-17-11-7-5-8-12-17)25-21(26)20(24)23(2,3)16-18-13-9-6-10-14-18/h5-14,19-20H,4,15-16,24H2,1-3H3,(H,25,26)/t19-,20+/m0/s1. The van der Waals surface area contributed by atoms with Crippen LogP contribution in [0, 0.1) is 5.41 Å². The van der Waals surface area contributed by atoms with Crippen LogP contribution in [0.2, 0.25) is 0 Å². The predicted molar refractivity (Wildman–Crippen MR) is 111 cm³/mol. The summed E-state index contributed by atoms with van der Waals surface area (Å²) in [6.45, 7) is 5.92. The van der Waals surface area contributed by atoms with Gasteiger partial charge in [-0.05, 0) is 29.9 Å². The van der Waals surface area contributed by atoms with Crippen LogP contribution < -0.4 is 11.1 Å². The SMILES string of the molecule is CCOC(=O)[C@H](Cc1ccccc1)NC(=O)[C@@H](N)C(C)(C)Cc1ccccc1. The van der Waals surface area contributed by atoms with Crippen molar-refractivity contribution in [3.63, 3.8) is 0 Å². The van der Waals surface area contributed by atoms with Crippen molar-refractivity contribution in [1.29, 1.82) is 0 Å². The van der Waals surface area contributed by atoms with Crippen molar-refractivity contribution in [2.45, 2.75) is 45.7 Å². The van der Waals surface area contributed by atoms with Gasteiger partial charge < -0.3 is 15.8 Å². The normalized spacial score (nSPS) is 13.4. The molecule has 2 aromatic rings. The first-order valence-electron chi connectivity index (χ1n) is 9.64. The van der Waals surface area contributed by atoms with Crippen molar-refractivity contribution >= 4 is 11.9 Å². The number of carbonyl (C=O) groups is 2. The van der Waals surface area contributed by atoms with E-state index in [0.29, 0.717) is 12.8 Å². The molecule has 0 saturated carbocycles. The number of benzene rings is 2. The number of hydrogen-bond donors (Lipinski definition) is 2. The van der Waals surface area contributed by atoms with E-state index in [1.807, 2.05) is 74.5 Å². The van der Waals surface area contributed by atoms with E-state index in [4.69, 9.17) is 10.5 Å². The molecule has 0 fully saturated rings. The van der Waals surface area contributed by atoms with Crippen molar-refractivity contribution < 1.29 is 14.3 Å². The summed E-state index contributed by atoms with van der Waals surface area (Å²) in [5.74, 6) is -0.803. The highest BCUT2D eigenvalue weighted by Crippen LogP contribution is 2.25. The van der Waals surface area contributed by atoms with E-state index in [-0.39, 0.29) is 12.5 Å². The molecule has 5 heteroatoms. The van der Waals surface area contributed by atoms with Gasteiger partial charge in [0, 0.05) is 6.42 Å². The van der Waals surface area contributed by atoms with Gasteiger partial charge in [-0.25, -0.2) is 4.79 Å². The summed E-state index contributed by atoms with van der Waals surface area (Å²) in [6, 6.07) is 17.9. The topological polar surface area (TPSA) is 81.4 Å². The van der Waals surface area contributed by atoms with Gasteiger partial charge in [0.25, 0.3) is 0 Å². The van der Waals surface area contributed by atoms with Gasteiger partial charge in [0.1, 0.15) is 6.04 Å². The van der Waals surface area contributed by atoms with Crippen LogP contribution in [0.3, 0.4) is 0 Å². The summed E-state index contributed by atoms with van der Waals surface area (Å²) >= 11 is 0. The lowest BCUT2D eigenvalue weighted by molar-refractivity contribution is -0.147. The average molecular weight is 383 g/mol. The van der Waals surface area contributed by atoms with Gasteiger partial charge in [-0.1, -0.05) is 74.5 Å². The molecular formula is C23H30N2O3. The lowest BCUT2D eigenvalue weighted by Gasteiger charge is -2.32. The Morgan fingerprint density at radius 2 is 1.54 bits per heavy atom. The third-order valence-corrected chi connectivity index (χ3v) is 4.80. The van der Waals surface area contributed by atoms with E-state index in [1.165, 1.54) is 0 Å². The van der Waals surface area contributed by atoms with Crippen molar-refractivity contribution in [1.82, 2.24) is 5.32 Å². The van der Waals surface area contributed by atoms with Crippen LogP contribution in [0.5, 0.6) is 0 Å². The molecule has 0 radical (unpaired) electrons. The molecule has 0 aliphatic heterocycles. The van der Waals surface area contributed by atoms with Crippen molar-refractivity contribution in [2.24, 2.45) is 11.1 Å². The van der Waals surface area contributed by atoms with Gasteiger partial charge >= 0.3 is 5.97 Å².